The average molecular weight is 276 g/mol. The molecule has 2 aliphatic heterocycles. The lowest BCUT2D eigenvalue weighted by atomic mass is 9.98. The fourth-order valence-electron chi connectivity index (χ4n) is 2.99. The Hall–Kier alpha value is -1.16. The van der Waals surface area contributed by atoms with Gasteiger partial charge in [-0.25, -0.2) is 0 Å². The molecule has 0 saturated carbocycles. The summed E-state index contributed by atoms with van der Waals surface area (Å²) in [6.45, 7) is 0.819. The van der Waals surface area contributed by atoms with Gasteiger partial charge in [-0.3, -0.25) is 4.79 Å². The quantitative estimate of drug-likeness (QED) is 0.845. The Kier molecular flexibility index (Phi) is 3.69. The van der Waals surface area contributed by atoms with Crippen molar-refractivity contribution in [3.8, 4) is 0 Å². The van der Waals surface area contributed by atoms with Crippen molar-refractivity contribution in [3.05, 3.63) is 23.8 Å². The molecule has 1 saturated heterocycles. The van der Waals surface area contributed by atoms with Crippen molar-refractivity contribution in [2.24, 2.45) is 5.92 Å². The first-order chi connectivity index (χ1) is 9.24. The van der Waals surface area contributed by atoms with E-state index in [1.165, 1.54) is 29.9 Å². The van der Waals surface area contributed by atoms with Crippen LogP contribution in [-0.2, 0) is 11.2 Å². The van der Waals surface area contributed by atoms with Gasteiger partial charge in [-0.2, -0.15) is 11.8 Å². The van der Waals surface area contributed by atoms with Crippen LogP contribution in [0.3, 0.4) is 0 Å². The number of carbonyl (C=O) groups excluding carboxylic acids is 1. The first-order valence-electron chi connectivity index (χ1n) is 7.00. The Labute approximate surface area is 118 Å². The van der Waals surface area contributed by atoms with E-state index in [-0.39, 0.29) is 0 Å². The molecule has 102 valence electrons. The van der Waals surface area contributed by atoms with E-state index in [1.54, 1.807) is 0 Å². The first kappa shape index (κ1) is 12.9. The summed E-state index contributed by atoms with van der Waals surface area (Å²) >= 11 is 2.01. The number of rotatable bonds is 2. The predicted octanol–water partition coefficient (Wildman–Crippen LogP) is 2.69. The van der Waals surface area contributed by atoms with Crippen LogP contribution >= 0.6 is 11.8 Å². The van der Waals surface area contributed by atoms with Crippen LogP contribution in [0.4, 0.5) is 11.4 Å². The molecule has 0 aromatic heterocycles. The molecule has 0 atom stereocenters. The largest absolute Gasteiger partial charge is 0.399 e. The predicted molar refractivity (Wildman–Crippen MR) is 81.6 cm³/mol. The van der Waals surface area contributed by atoms with E-state index in [1.807, 2.05) is 34.9 Å². The van der Waals surface area contributed by atoms with Crippen LogP contribution in [0.15, 0.2) is 18.2 Å². The summed E-state index contributed by atoms with van der Waals surface area (Å²) in [5.41, 5.74) is 8.87. The second-order valence-corrected chi connectivity index (χ2v) is 6.67. The number of nitrogens with two attached hydrogens (primary N) is 1. The van der Waals surface area contributed by atoms with Crippen LogP contribution in [0.25, 0.3) is 0 Å². The zero-order valence-corrected chi connectivity index (χ0v) is 11.9. The zero-order valence-electron chi connectivity index (χ0n) is 11.1. The van der Waals surface area contributed by atoms with Gasteiger partial charge < -0.3 is 10.6 Å². The summed E-state index contributed by atoms with van der Waals surface area (Å²) in [7, 11) is 0. The first-order valence-corrected chi connectivity index (χ1v) is 8.16. The van der Waals surface area contributed by atoms with Crippen molar-refractivity contribution in [1.29, 1.82) is 0 Å². The number of carbonyl (C=O) groups is 1. The second kappa shape index (κ2) is 5.45. The van der Waals surface area contributed by atoms with Gasteiger partial charge in [0, 0.05) is 24.3 Å². The maximum Gasteiger partial charge on any atom is 0.227 e. The lowest BCUT2D eigenvalue weighted by molar-refractivity contribution is -0.119. The molecular formula is C15H20N2OS. The summed E-state index contributed by atoms with van der Waals surface area (Å²) in [6, 6.07) is 5.88. The van der Waals surface area contributed by atoms with E-state index < -0.39 is 0 Å². The number of thioether (sulfide) groups is 1. The third kappa shape index (κ3) is 2.73. The van der Waals surface area contributed by atoms with Gasteiger partial charge in [0.2, 0.25) is 5.91 Å². The van der Waals surface area contributed by atoms with E-state index >= 15 is 0 Å². The number of hydrogen-bond donors (Lipinski definition) is 1. The number of nitrogens with zero attached hydrogens (tertiary/aromatic N) is 1. The Balaban J connectivity index is 1.69. The summed E-state index contributed by atoms with van der Waals surface area (Å²) < 4.78 is 0. The molecule has 2 heterocycles. The van der Waals surface area contributed by atoms with E-state index in [9.17, 15) is 4.79 Å². The molecule has 1 aromatic carbocycles. The Bertz CT molecular complexity index is 483. The minimum absolute atomic E-state index is 0.292. The minimum atomic E-state index is 0.292. The molecule has 3 nitrogen and oxygen atoms in total. The summed E-state index contributed by atoms with van der Waals surface area (Å²) in [6.07, 6.45) is 4.04. The number of fused-ring (bicyclic) bond motifs is 1. The fourth-order valence-corrected chi connectivity index (χ4v) is 4.19. The van der Waals surface area contributed by atoms with E-state index in [4.69, 9.17) is 5.73 Å². The molecule has 0 bridgehead atoms. The molecule has 2 aliphatic rings. The molecule has 19 heavy (non-hydrogen) atoms. The highest BCUT2D eigenvalue weighted by Gasteiger charge is 2.27. The number of hydrogen-bond acceptors (Lipinski definition) is 3. The third-order valence-electron chi connectivity index (χ3n) is 4.10. The van der Waals surface area contributed by atoms with Crippen LogP contribution in [-0.4, -0.2) is 24.0 Å². The molecule has 0 spiro atoms. The third-order valence-corrected chi connectivity index (χ3v) is 5.15. The fraction of sp³-hybridized carbons (Fsp3) is 0.533. The summed E-state index contributed by atoms with van der Waals surface area (Å²) in [4.78, 5) is 14.4. The van der Waals surface area contributed by atoms with Gasteiger partial charge in [0.15, 0.2) is 0 Å². The van der Waals surface area contributed by atoms with Gasteiger partial charge in [-0.15, -0.1) is 0 Å². The van der Waals surface area contributed by atoms with E-state index in [0.717, 1.165) is 24.3 Å². The van der Waals surface area contributed by atoms with Gasteiger partial charge >= 0.3 is 0 Å². The van der Waals surface area contributed by atoms with Gasteiger partial charge in [-0.05, 0) is 60.4 Å². The van der Waals surface area contributed by atoms with Crippen LogP contribution in [0, 0.1) is 5.92 Å². The highest BCUT2D eigenvalue weighted by molar-refractivity contribution is 7.99. The molecular weight excluding hydrogens is 256 g/mol. The zero-order chi connectivity index (χ0) is 13.2. The van der Waals surface area contributed by atoms with Crippen molar-refractivity contribution in [3.63, 3.8) is 0 Å². The summed E-state index contributed by atoms with van der Waals surface area (Å²) in [5.74, 6) is 3.31. The van der Waals surface area contributed by atoms with Crippen LogP contribution in [0.2, 0.25) is 0 Å². The Morgan fingerprint density at radius 2 is 2.16 bits per heavy atom. The minimum Gasteiger partial charge on any atom is -0.399 e. The van der Waals surface area contributed by atoms with Gasteiger partial charge in [0.25, 0.3) is 0 Å². The molecule has 2 N–H and O–H groups in total. The van der Waals surface area contributed by atoms with Gasteiger partial charge in [0.1, 0.15) is 0 Å². The maximum atomic E-state index is 12.4. The molecule has 1 amide bonds. The molecule has 0 radical (unpaired) electrons. The molecule has 1 fully saturated rings. The van der Waals surface area contributed by atoms with Gasteiger partial charge in [-0.1, -0.05) is 0 Å². The summed E-state index contributed by atoms with van der Waals surface area (Å²) in [5, 5.41) is 0. The molecule has 3 rings (SSSR count). The standard InChI is InChI=1S/C15H20N2OS/c16-13-1-2-14-12(10-13)3-6-17(14)15(18)9-11-4-7-19-8-5-11/h1-2,10-11H,3-9,16H2. The van der Waals surface area contributed by atoms with Crippen molar-refractivity contribution in [1.82, 2.24) is 0 Å². The van der Waals surface area contributed by atoms with E-state index in [0.29, 0.717) is 18.2 Å². The molecule has 0 unspecified atom stereocenters. The SMILES string of the molecule is Nc1ccc2c(c1)CCN2C(=O)CC1CCSCC1. The lowest BCUT2D eigenvalue weighted by Gasteiger charge is -2.24. The molecule has 4 heteroatoms. The molecule has 1 aromatic rings. The Morgan fingerprint density at radius 1 is 1.37 bits per heavy atom. The number of amides is 1. The number of nitrogen functional groups attached to an aromatic ring is 1. The number of anilines is 2. The highest BCUT2D eigenvalue weighted by atomic mass is 32.2. The van der Waals surface area contributed by atoms with Gasteiger partial charge in [0.05, 0.1) is 0 Å². The monoisotopic (exact) mass is 276 g/mol. The lowest BCUT2D eigenvalue weighted by Crippen LogP contribution is -2.31. The van der Waals surface area contributed by atoms with E-state index in [2.05, 4.69) is 0 Å². The topological polar surface area (TPSA) is 46.3 Å². The average Bonchev–Trinajstić information content (AvgIpc) is 2.82. The number of benzene rings is 1. The normalized spacial score (nSPS) is 19.5. The van der Waals surface area contributed by atoms with Crippen LogP contribution in [0.5, 0.6) is 0 Å². The van der Waals surface area contributed by atoms with Crippen molar-refractivity contribution in [2.75, 3.05) is 28.7 Å². The second-order valence-electron chi connectivity index (χ2n) is 5.44. The smallest absolute Gasteiger partial charge is 0.227 e. The molecule has 0 aliphatic carbocycles. The van der Waals surface area contributed by atoms with Crippen LogP contribution in [0.1, 0.15) is 24.8 Å². The maximum absolute atomic E-state index is 12.4. The van der Waals surface area contributed by atoms with Crippen molar-refractivity contribution < 1.29 is 4.79 Å². The van der Waals surface area contributed by atoms with Crippen LogP contribution < -0.4 is 10.6 Å². The van der Waals surface area contributed by atoms with Crippen molar-refractivity contribution >= 4 is 29.0 Å². The van der Waals surface area contributed by atoms with Crippen molar-refractivity contribution in [2.45, 2.75) is 25.7 Å². The highest BCUT2D eigenvalue weighted by Crippen LogP contribution is 2.32. The Morgan fingerprint density at radius 3 is 2.95 bits per heavy atom.